The van der Waals surface area contributed by atoms with E-state index in [-0.39, 0.29) is 16.0 Å². The molecule has 1 N–H and O–H groups in total. The lowest BCUT2D eigenvalue weighted by Gasteiger charge is -2.24. The fourth-order valence-electron chi connectivity index (χ4n) is 2.41. The average Bonchev–Trinajstić information content (AvgIpc) is 2.82. The van der Waals surface area contributed by atoms with E-state index in [2.05, 4.69) is 6.92 Å². The number of carboxylic acids is 1. The Morgan fingerprint density at radius 2 is 2.00 bits per heavy atom. The Morgan fingerprint density at radius 1 is 1.38 bits per heavy atom. The minimum Gasteiger partial charge on any atom is -0.480 e. The van der Waals surface area contributed by atoms with Gasteiger partial charge in [-0.1, -0.05) is 25.5 Å². The summed E-state index contributed by atoms with van der Waals surface area (Å²) < 4.78 is 26.5. The van der Waals surface area contributed by atoms with Crippen LogP contribution in [-0.4, -0.2) is 41.0 Å². The number of aliphatic carboxylic acids is 1. The van der Waals surface area contributed by atoms with Crippen molar-refractivity contribution in [2.75, 3.05) is 5.75 Å². The quantitative estimate of drug-likeness (QED) is 0.896. The number of nitrogens with zero attached hydrogens (tertiary/aromatic N) is 1. The van der Waals surface area contributed by atoms with Gasteiger partial charge in [-0.3, -0.25) is 4.79 Å². The Hall–Kier alpha value is -1.05. The maximum atomic E-state index is 12.7. The zero-order valence-electron chi connectivity index (χ0n) is 12.0. The molecule has 0 saturated carbocycles. The summed E-state index contributed by atoms with van der Waals surface area (Å²) in [4.78, 5) is 11.4. The van der Waals surface area contributed by atoms with E-state index in [0.717, 1.165) is 22.7 Å². The fourth-order valence-corrected chi connectivity index (χ4v) is 5.70. The summed E-state index contributed by atoms with van der Waals surface area (Å²) in [6, 6.07) is 5.72. The summed E-state index contributed by atoms with van der Waals surface area (Å²) in [7, 11) is -3.78. The Morgan fingerprint density at radius 3 is 2.52 bits per heavy atom. The van der Waals surface area contributed by atoms with Crippen LogP contribution in [0.3, 0.4) is 0 Å². The lowest BCUT2D eigenvalue weighted by molar-refractivity contribution is -0.140. The van der Waals surface area contributed by atoms with Gasteiger partial charge in [0.25, 0.3) is 0 Å². The molecule has 2 atom stereocenters. The number of carbonyl (C=O) groups is 1. The summed E-state index contributed by atoms with van der Waals surface area (Å²) >= 11 is 1.34. The fraction of sp³-hybridized carbons (Fsp3) is 0.500. The number of thioether (sulfide) groups is 1. The van der Waals surface area contributed by atoms with Crippen molar-refractivity contribution in [1.82, 2.24) is 4.31 Å². The van der Waals surface area contributed by atoms with Gasteiger partial charge in [0.05, 0.1) is 10.3 Å². The Balaban J connectivity index is 2.34. The monoisotopic (exact) mass is 329 g/mol. The van der Waals surface area contributed by atoms with Crippen molar-refractivity contribution >= 4 is 27.8 Å². The van der Waals surface area contributed by atoms with E-state index >= 15 is 0 Å². The molecule has 0 aliphatic carbocycles. The van der Waals surface area contributed by atoms with Crippen molar-refractivity contribution in [1.29, 1.82) is 0 Å². The van der Waals surface area contributed by atoms with Crippen LogP contribution in [0.5, 0.6) is 0 Å². The molecule has 2 unspecified atom stereocenters. The van der Waals surface area contributed by atoms with Gasteiger partial charge in [0.15, 0.2) is 0 Å². The lowest BCUT2D eigenvalue weighted by atomic mass is 10.1. The molecule has 0 radical (unpaired) electrons. The third-order valence-electron chi connectivity index (χ3n) is 3.48. The average molecular weight is 329 g/mol. The molecule has 0 amide bonds. The first-order valence-corrected chi connectivity index (χ1v) is 9.33. The van der Waals surface area contributed by atoms with Gasteiger partial charge in [-0.25, -0.2) is 8.42 Å². The lowest BCUT2D eigenvalue weighted by Crippen LogP contribution is -2.44. The minimum absolute atomic E-state index is 0.156. The Labute approximate surface area is 129 Å². The van der Waals surface area contributed by atoms with Gasteiger partial charge in [-0.05, 0) is 31.0 Å². The van der Waals surface area contributed by atoms with Gasteiger partial charge in [0, 0.05) is 5.75 Å². The topological polar surface area (TPSA) is 74.7 Å². The van der Waals surface area contributed by atoms with Crippen molar-refractivity contribution in [2.45, 2.75) is 43.0 Å². The molecule has 5 nitrogen and oxygen atoms in total. The van der Waals surface area contributed by atoms with E-state index in [0.29, 0.717) is 0 Å². The predicted octanol–water partition coefficient (Wildman–Crippen LogP) is 2.18. The van der Waals surface area contributed by atoms with Crippen LogP contribution < -0.4 is 0 Å². The highest BCUT2D eigenvalue weighted by molar-refractivity contribution is 8.01. The Kier molecular flexibility index (Phi) is 4.95. The van der Waals surface area contributed by atoms with Crippen LogP contribution in [0, 0.1) is 0 Å². The van der Waals surface area contributed by atoms with Gasteiger partial charge >= 0.3 is 5.97 Å². The molecule has 1 aromatic carbocycles. The Bertz CT molecular complexity index is 612. The maximum Gasteiger partial charge on any atom is 0.322 e. The summed E-state index contributed by atoms with van der Waals surface area (Å²) in [6.07, 6.45) is 1.89. The summed E-state index contributed by atoms with van der Waals surface area (Å²) in [5, 5.41) is 8.84. The zero-order chi connectivity index (χ0) is 15.6. The van der Waals surface area contributed by atoms with Crippen molar-refractivity contribution in [3.63, 3.8) is 0 Å². The highest BCUT2D eigenvalue weighted by atomic mass is 32.2. The SMILES string of the molecule is CCCc1ccc(S(=O)(=O)N2C(C)SCC2C(=O)O)cc1. The molecule has 116 valence electrons. The number of hydrogen-bond donors (Lipinski definition) is 1. The second-order valence-electron chi connectivity index (χ2n) is 5.02. The molecule has 0 spiro atoms. The zero-order valence-corrected chi connectivity index (χ0v) is 13.7. The van der Waals surface area contributed by atoms with E-state index < -0.39 is 22.0 Å². The van der Waals surface area contributed by atoms with Crippen LogP contribution >= 0.6 is 11.8 Å². The van der Waals surface area contributed by atoms with Gasteiger partial charge in [0.1, 0.15) is 6.04 Å². The molecule has 21 heavy (non-hydrogen) atoms. The number of rotatable bonds is 5. The van der Waals surface area contributed by atoms with Crippen molar-refractivity contribution < 1.29 is 18.3 Å². The molecule has 1 saturated heterocycles. The summed E-state index contributed by atoms with van der Waals surface area (Å²) in [5.41, 5.74) is 1.08. The molecular weight excluding hydrogens is 310 g/mol. The van der Waals surface area contributed by atoms with Crippen LogP contribution in [0.1, 0.15) is 25.8 Å². The number of aryl methyl sites for hydroxylation is 1. The second kappa shape index (κ2) is 6.37. The van der Waals surface area contributed by atoms with Gasteiger partial charge < -0.3 is 5.11 Å². The molecular formula is C14H19NO4S2. The predicted molar refractivity (Wildman–Crippen MR) is 82.8 cm³/mol. The van der Waals surface area contributed by atoms with Crippen LogP contribution in [0.25, 0.3) is 0 Å². The number of sulfonamides is 1. The first-order valence-electron chi connectivity index (χ1n) is 6.84. The molecule has 1 aliphatic heterocycles. The number of hydrogen-bond acceptors (Lipinski definition) is 4. The van der Waals surface area contributed by atoms with Crippen LogP contribution in [-0.2, 0) is 21.2 Å². The van der Waals surface area contributed by atoms with Crippen molar-refractivity contribution in [2.24, 2.45) is 0 Å². The van der Waals surface area contributed by atoms with E-state index in [1.165, 1.54) is 11.8 Å². The van der Waals surface area contributed by atoms with Crippen molar-refractivity contribution in [3.05, 3.63) is 29.8 Å². The minimum atomic E-state index is -3.78. The highest BCUT2D eigenvalue weighted by Crippen LogP contribution is 2.34. The van der Waals surface area contributed by atoms with Crippen LogP contribution in [0.4, 0.5) is 0 Å². The van der Waals surface area contributed by atoms with E-state index in [9.17, 15) is 18.3 Å². The van der Waals surface area contributed by atoms with Gasteiger partial charge in [-0.2, -0.15) is 4.31 Å². The van der Waals surface area contributed by atoms with E-state index in [1.54, 1.807) is 31.2 Å². The normalized spacial score (nSPS) is 23.3. The second-order valence-corrected chi connectivity index (χ2v) is 8.21. The summed E-state index contributed by atoms with van der Waals surface area (Å²) in [5.74, 6) is -0.818. The van der Waals surface area contributed by atoms with E-state index in [1.807, 2.05) is 0 Å². The largest absolute Gasteiger partial charge is 0.480 e. The molecule has 7 heteroatoms. The highest BCUT2D eigenvalue weighted by Gasteiger charge is 2.44. The van der Waals surface area contributed by atoms with Crippen LogP contribution in [0.2, 0.25) is 0 Å². The molecule has 1 heterocycles. The molecule has 0 aromatic heterocycles. The van der Waals surface area contributed by atoms with E-state index in [4.69, 9.17) is 0 Å². The first-order chi connectivity index (χ1) is 9.87. The molecule has 0 bridgehead atoms. The first kappa shape index (κ1) is 16.3. The molecule has 1 aromatic rings. The van der Waals surface area contributed by atoms with Gasteiger partial charge in [0.2, 0.25) is 10.0 Å². The van der Waals surface area contributed by atoms with Crippen molar-refractivity contribution in [3.8, 4) is 0 Å². The van der Waals surface area contributed by atoms with Gasteiger partial charge in [-0.15, -0.1) is 11.8 Å². The molecule has 2 rings (SSSR count). The smallest absolute Gasteiger partial charge is 0.322 e. The number of carboxylic acid groups (broad SMARTS) is 1. The standard InChI is InChI=1S/C14H19NO4S2/c1-3-4-11-5-7-12(8-6-11)21(18,19)15-10(2)20-9-13(15)14(16)17/h5-8,10,13H,3-4,9H2,1-2H3,(H,16,17). The maximum absolute atomic E-state index is 12.7. The third kappa shape index (κ3) is 3.25. The molecule has 1 fully saturated rings. The molecule has 1 aliphatic rings. The summed E-state index contributed by atoms with van der Waals surface area (Å²) in [6.45, 7) is 3.78. The van der Waals surface area contributed by atoms with Crippen LogP contribution in [0.15, 0.2) is 29.2 Å². The third-order valence-corrected chi connectivity index (χ3v) is 6.83. The number of benzene rings is 1.